The van der Waals surface area contributed by atoms with Crippen LogP contribution in [0.4, 0.5) is 0 Å². The fraction of sp³-hybridized carbons (Fsp3) is 0.643. The van der Waals surface area contributed by atoms with E-state index in [1.165, 1.54) is 0 Å². The molecule has 1 aromatic heterocycles. The van der Waals surface area contributed by atoms with E-state index in [4.69, 9.17) is 22.1 Å². The third kappa shape index (κ3) is 5.07. The molecule has 0 aromatic carbocycles. The van der Waals surface area contributed by atoms with Gasteiger partial charge in [0.2, 0.25) is 0 Å². The second-order valence-electron chi connectivity index (χ2n) is 4.95. The van der Waals surface area contributed by atoms with E-state index >= 15 is 0 Å². The molecule has 0 bridgehead atoms. The van der Waals surface area contributed by atoms with Crippen LogP contribution in [0.2, 0.25) is 5.02 Å². The third-order valence-corrected chi connectivity index (χ3v) is 3.64. The largest absolute Gasteiger partial charge is 0.378 e. The second-order valence-corrected chi connectivity index (χ2v) is 5.39. The lowest BCUT2D eigenvalue weighted by Gasteiger charge is -2.31. The van der Waals surface area contributed by atoms with Gasteiger partial charge in [0.25, 0.3) is 0 Å². The van der Waals surface area contributed by atoms with Crippen molar-refractivity contribution >= 4 is 11.6 Å². The Morgan fingerprint density at radius 3 is 2.89 bits per heavy atom. The highest BCUT2D eigenvalue weighted by molar-refractivity contribution is 6.30. The summed E-state index contributed by atoms with van der Waals surface area (Å²) in [6.07, 6.45) is 5.29. The minimum Gasteiger partial charge on any atom is -0.378 e. The van der Waals surface area contributed by atoms with Gasteiger partial charge in [-0.1, -0.05) is 11.6 Å². The number of rotatable bonds is 6. The van der Waals surface area contributed by atoms with Gasteiger partial charge in [-0.2, -0.15) is 0 Å². The molecule has 0 aliphatic carbocycles. The maximum absolute atomic E-state index is 5.97. The monoisotopic (exact) mass is 283 g/mol. The van der Waals surface area contributed by atoms with Gasteiger partial charge in [0.05, 0.1) is 11.8 Å². The van der Waals surface area contributed by atoms with Gasteiger partial charge in [0.1, 0.15) is 0 Å². The molecule has 1 aliphatic rings. The van der Waals surface area contributed by atoms with Crippen LogP contribution in [0.5, 0.6) is 0 Å². The quantitative estimate of drug-likeness (QED) is 0.812. The predicted molar refractivity (Wildman–Crippen MR) is 77.2 cm³/mol. The van der Waals surface area contributed by atoms with Crippen LogP contribution in [0.25, 0.3) is 0 Å². The van der Waals surface area contributed by atoms with Crippen LogP contribution in [0, 0.1) is 0 Å². The minimum absolute atomic E-state index is 0.398. The van der Waals surface area contributed by atoms with E-state index in [1.54, 1.807) is 6.20 Å². The number of piperidine rings is 1. The van der Waals surface area contributed by atoms with Crippen molar-refractivity contribution in [3.8, 4) is 0 Å². The maximum Gasteiger partial charge on any atom is 0.0599 e. The zero-order valence-corrected chi connectivity index (χ0v) is 12.0. The summed E-state index contributed by atoms with van der Waals surface area (Å²) < 4.78 is 5.80. The number of halogens is 1. The van der Waals surface area contributed by atoms with Gasteiger partial charge in [-0.15, -0.1) is 0 Å². The Hall–Kier alpha value is -0.680. The van der Waals surface area contributed by atoms with Crippen LogP contribution in [-0.4, -0.2) is 42.2 Å². The van der Waals surface area contributed by atoms with Gasteiger partial charge in [-0.25, -0.2) is 0 Å². The van der Waals surface area contributed by atoms with E-state index in [0.717, 1.165) is 56.2 Å². The molecule has 2 N–H and O–H groups in total. The molecule has 0 spiro atoms. The molecule has 106 valence electrons. The van der Waals surface area contributed by atoms with Gasteiger partial charge >= 0.3 is 0 Å². The number of nitrogens with two attached hydrogens (primary N) is 1. The zero-order chi connectivity index (χ0) is 13.5. The molecule has 0 saturated carbocycles. The topological polar surface area (TPSA) is 51.4 Å². The Kier molecular flexibility index (Phi) is 6.04. The Morgan fingerprint density at radius 2 is 2.21 bits per heavy atom. The lowest BCUT2D eigenvalue weighted by molar-refractivity contribution is 0.00540. The van der Waals surface area contributed by atoms with Crippen molar-refractivity contribution in [3.05, 3.63) is 29.0 Å². The number of hydrogen-bond acceptors (Lipinski definition) is 4. The van der Waals surface area contributed by atoms with Crippen molar-refractivity contribution in [1.82, 2.24) is 9.88 Å². The Morgan fingerprint density at radius 1 is 1.42 bits per heavy atom. The predicted octanol–water partition coefficient (Wildman–Crippen LogP) is 2.06. The average Bonchev–Trinajstić information content (AvgIpc) is 2.41. The van der Waals surface area contributed by atoms with Crippen LogP contribution in [0.3, 0.4) is 0 Å². The molecule has 19 heavy (non-hydrogen) atoms. The molecule has 1 fully saturated rings. The fourth-order valence-corrected chi connectivity index (χ4v) is 2.51. The molecular weight excluding hydrogens is 262 g/mol. The number of nitrogens with zero attached hydrogens (tertiary/aromatic N) is 2. The first-order valence-corrected chi connectivity index (χ1v) is 7.30. The smallest absolute Gasteiger partial charge is 0.0599 e. The molecule has 0 atom stereocenters. The highest BCUT2D eigenvalue weighted by Crippen LogP contribution is 2.17. The van der Waals surface area contributed by atoms with E-state index < -0.39 is 0 Å². The number of aromatic nitrogens is 1. The van der Waals surface area contributed by atoms with Gasteiger partial charge in [-0.3, -0.25) is 9.88 Å². The molecule has 5 heteroatoms. The molecule has 2 rings (SSSR count). The van der Waals surface area contributed by atoms with Crippen LogP contribution in [0.15, 0.2) is 18.3 Å². The van der Waals surface area contributed by atoms with Crippen molar-refractivity contribution in [2.24, 2.45) is 5.73 Å². The number of hydrogen-bond donors (Lipinski definition) is 1. The zero-order valence-electron chi connectivity index (χ0n) is 11.2. The average molecular weight is 284 g/mol. The number of ether oxygens (including phenoxy) is 1. The molecule has 2 heterocycles. The summed E-state index contributed by atoms with van der Waals surface area (Å²) in [5, 5.41) is 0.755. The van der Waals surface area contributed by atoms with Crippen molar-refractivity contribution in [1.29, 1.82) is 0 Å². The van der Waals surface area contributed by atoms with Gasteiger partial charge in [0.15, 0.2) is 0 Å². The normalized spacial score (nSPS) is 17.8. The molecular formula is C14H22ClN3O. The lowest BCUT2D eigenvalue weighted by Crippen LogP contribution is -2.37. The Bertz CT molecular complexity index is 381. The van der Waals surface area contributed by atoms with E-state index in [0.29, 0.717) is 12.6 Å². The first-order chi connectivity index (χ1) is 9.28. The van der Waals surface area contributed by atoms with Crippen molar-refractivity contribution in [3.63, 3.8) is 0 Å². The van der Waals surface area contributed by atoms with Gasteiger partial charge < -0.3 is 10.5 Å². The van der Waals surface area contributed by atoms with Crippen LogP contribution in [-0.2, 0) is 11.3 Å². The molecule has 1 aliphatic heterocycles. The number of pyridine rings is 1. The second kappa shape index (κ2) is 7.80. The molecule has 0 unspecified atom stereocenters. The van der Waals surface area contributed by atoms with Gasteiger partial charge in [0, 0.05) is 37.5 Å². The Balaban J connectivity index is 1.71. The fourth-order valence-electron chi connectivity index (χ4n) is 2.33. The van der Waals surface area contributed by atoms with E-state index in [2.05, 4.69) is 9.88 Å². The standard InChI is InChI=1S/C14H22ClN3O/c15-12-2-6-17-13(10-12)11-18-7-3-14(4-8-18)19-9-1-5-16/h2,6,10,14H,1,3-5,7-9,11,16H2. The minimum atomic E-state index is 0.398. The molecule has 4 nitrogen and oxygen atoms in total. The maximum atomic E-state index is 5.97. The first kappa shape index (κ1) is 14.7. The summed E-state index contributed by atoms with van der Waals surface area (Å²) in [6.45, 7) is 4.48. The highest BCUT2D eigenvalue weighted by Gasteiger charge is 2.19. The summed E-state index contributed by atoms with van der Waals surface area (Å²) in [4.78, 5) is 6.75. The highest BCUT2D eigenvalue weighted by atomic mass is 35.5. The van der Waals surface area contributed by atoms with E-state index in [1.807, 2.05) is 12.1 Å². The SMILES string of the molecule is NCCCOC1CCN(Cc2cc(Cl)ccn2)CC1. The molecule has 1 aromatic rings. The van der Waals surface area contributed by atoms with Crippen LogP contribution < -0.4 is 5.73 Å². The summed E-state index contributed by atoms with van der Waals surface area (Å²) in [7, 11) is 0. The van der Waals surface area contributed by atoms with Gasteiger partial charge in [-0.05, 0) is 37.9 Å². The molecule has 0 radical (unpaired) electrons. The van der Waals surface area contributed by atoms with Crippen molar-refractivity contribution in [2.75, 3.05) is 26.2 Å². The van der Waals surface area contributed by atoms with E-state index in [-0.39, 0.29) is 0 Å². The lowest BCUT2D eigenvalue weighted by atomic mass is 10.1. The summed E-state index contributed by atoms with van der Waals surface area (Å²) in [6, 6.07) is 3.74. The van der Waals surface area contributed by atoms with Crippen molar-refractivity contribution in [2.45, 2.75) is 31.9 Å². The summed E-state index contributed by atoms with van der Waals surface area (Å²) in [5.74, 6) is 0. The summed E-state index contributed by atoms with van der Waals surface area (Å²) in [5.41, 5.74) is 6.50. The van der Waals surface area contributed by atoms with Crippen molar-refractivity contribution < 1.29 is 4.74 Å². The molecule has 1 saturated heterocycles. The summed E-state index contributed by atoms with van der Waals surface area (Å²) >= 11 is 5.97. The van der Waals surface area contributed by atoms with Crippen LogP contribution in [0.1, 0.15) is 25.0 Å². The first-order valence-electron chi connectivity index (χ1n) is 6.92. The third-order valence-electron chi connectivity index (χ3n) is 3.40. The number of likely N-dealkylation sites (tertiary alicyclic amines) is 1. The van der Waals surface area contributed by atoms with Crippen LogP contribution >= 0.6 is 11.6 Å². The molecule has 0 amide bonds. The van der Waals surface area contributed by atoms with E-state index in [9.17, 15) is 0 Å². The Labute approximate surface area is 119 Å².